The van der Waals surface area contributed by atoms with E-state index in [1.54, 1.807) is 0 Å². The molecule has 6 rings (SSSR count). The molecule has 0 amide bonds. The van der Waals surface area contributed by atoms with Crippen LogP contribution < -0.4 is 11.3 Å². The maximum atomic E-state index is 14.1. The summed E-state index contributed by atoms with van der Waals surface area (Å²) < 4.78 is 14.0. The zero-order chi connectivity index (χ0) is 26.8. The predicted octanol–water partition coefficient (Wildman–Crippen LogP) is 4.19. The lowest BCUT2D eigenvalue weighted by atomic mass is 9.96. The van der Waals surface area contributed by atoms with Crippen LogP contribution in [-0.2, 0) is 17.6 Å². The lowest BCUT2D eigenvalue weighted by Crippen LogP contribution is -2.34. The van der Waals surface area contributed by atoms with Gasteiger partial charge in [0.25, 0.3) is 5.56 Å². The van der Waals surface area contributed by atoms with E-state index in [2.05, 4.69) is 27.1 Å². The molecule has 2 aromatic carbocycles. The van der Waals surface area contributed by atoms with Crippen LogP contribution in [0.5, 0.6) is 0 Å². The molecule has 10 heteroatoms. The van der Waals surface area contributed by atoms with E-state index < -0.39 is 5.76 Å². The molecule has 39 heavy (non-hydrogen) atoms. The fraction of sp³-hybridized carbons (Fsp3) is 0.345. The summed E-state index contributed by atoms with van der Waals surface area (Å²) in [5, 5.41) is 8.40. The van der Waals surface area contributed by atoms with Gasteiger partial charge >= 0.3 is 5.76 Å². The molecule has 0 atom stereocenters. The van der Waals surface area contributed by atoms with Crippen LogP contribution in [0.3, 0.4) is 0 Å². The largest absolute Gasteiger partial charge is 0.439 e. The molecule has 1 N–H and O–H groups in total. The van der Waals surface area contributed by atoms with Gasteiger partial charge in [-0.1, -0.05) is 67.0 Å². The van der Waals surface area contributed by atoms with E-state index in [-0.39, 0.29) is 11.6 Å². The lowest BCUT2D eigenvalue weighted by molar-refractivity contribution is 0.0693. The van der Waals surface area contributed by atoms with Gasteiger partial charge in [-0.15, -0.1) is 0 Å². The molecule has 5 aromatic rings. The summed E-state index contributed by atoms with van der Waals surface area (Å²) >= 11 is 0. The van der Waals surface area contributed by atoms with Crippen LogP contribution in [0.2, 0.25) is 0 Å². The number of H-pyrrole nitrogens is 1. The molecule has 10 nitrogen and oxygen atoms in total. The summed E-state index contributed by atoms with van der Waals surface area (Å²) in [6, 6.07) is 15.9. The maximum absolute atomic E-state index is 14.1. The third kappa shape index (κ3) is 4.83. The Labute approximate surface area is 224 Å². The van der Waals surface area contributed by atoms with Crippen molar-refractivity contribution in [3.63, 3.8) is 0 Å². The molecule has 1 saturated heterocycles. The Bertz CT molecular complexity index is 1710. The molecular weight excluding hydrogens is 496 g/mol. The Hall–Kier alpha value is -4.31. The maximum Gasteiger partial charge on any atom is 0.439 e. The SMILES string of the molecule is CCCCc1c(Cc2ccc(-c3ccccc3-c3noc(=O)[nH]3)cc2)c(=O)n(C2CCOCC2)c2ncnn12. The van der Waals surface area contributed by atoms with Crippen molar-refractivity contribution in [3.05, 3.63) is 92.6 Å². The van der Waals surface area contributed by atoms with Crippen molar-refractivity contribution in [1.29, 1.82) is 0 Å². The second-order valence-corrected chi connectivity index (χ2v) is 9.88. The first-order valence-electron chi connectivity index (χ1n) is 13.4. The van der Waals surface area contributed by atoms with Gasteiger partial charge in [0.05, 0.1) is 5.69 Å². The van der Waals surface area contributed by atoms with Gasteiger partial charge in [0, 0.05) is 36.8 Å². The van der Waals surface area contributed by atoms with E-state index in [1.165, 1.54) is 6.33 Å². The summed E-state index contributed by atoms with van der Waals surface area (Å²) in [7, 11) is 0. The number of rotatable bonds is 8. The number of unbranched alkanes of at least 4 members (excludes halogenated alkanes) is 1. The molecular formula is C29H30N6O4. The number of aromatic amines is 1. The van der Waals surface area contributed by atoms with Crippen LogP contribution in [0.1, 0.15) is 55.5 Å². The van der Waals surface area contributed by atoms with Crippen molar-refractivity contribution in [2.45, 2.75) is 51.5 Å². The van der Waals surface area contributed by atoms with Crippen molar-refractivity contribution in [2.75, 3.05) is 13.2 Å². The number of aryl methyl sites for hydroxylation is 1. The number of nitrogens with one attached hydrogen (secondary N) is 1. The topological polar surface area (TPSA) is 120 Å². The summed E-state index contributed by atoms with van der Waals surface area (Å²) in [6.07, 6.45) is 6.33. The Kier molecular flexibility index (Phi) is 6.93. The van der Waals surface area contributed by atoms with Crippen LogP contribution in [-0.4, -0.2) is 42.5 Å². The van der Waals surface area contributed by atoms with Crippen molar-refractivity contribution < 1.29 is 9.26 Å². The van der Waals surface area contributed by atoms with Crippen molar-refractivity contribution in [1.82, 2.24) is 29.3 Å². The highest BCUT2D eigenvalue weighted by atomic mass is 16.5. The van der Waals surface area contributed by atoms with Crippen LogP contribution in [0.15, 0.2) is 69.0 Å². The smallest absolute Gasteiger partial charge is 0.381 e. The first kappa shape index (κ1) is 25.0. The monoisotopic (exact) mass is 526 g/mol. The second-order valence-electron chi connectivity index (χ2n) is 9.88. The van der Waals surface area contributed by atoms with Gasteiger partial charge in [0.1, 0.15) is 6.33 Å². The van der Waals surface area contributed by atoms with E-state index in [1.807, 2.05) is 57.6 Å². The number of fused-ring (bicyclic) bond motifs is 1. The minimum Gasteiger partial charge on any atom is -0.381 e. The van der Waals surface area contributed by atoms with Gasteiger partial charge < -0.3 is 4.74 Å². The summed E-state index contributed by atoms with van der Waals surface area (Å²) in [5.41, 5.74) is 5.40. The van der Waals surface area contributed by atoms with Crippen LogP contribution >= 0.6 is 0 Å². The molecule has 0 spiro atoms. The normalized spacial score (nSPS) is 14.3. The Morgan fingerprint density at radius 3 is 2.51 bits per heavy atom. The minimum atomic E-state index is -0.593. The first-order valence-corrected chi connectivity index (χ1v) is 13.4. The minimum absolute atomic E-state index is 0.0120. The fourth-order valence-electron chi connectivity index (χ4n) is 5.42. The van der Waals surface area contributed by atoms with E-state index in [4.69, 9.17) is 9.26 Å². The van der Waals surface area contributed by atoms with Crippen LogP contribution in [0.25, 0.3) is 28.3 Å². The van der Waals surface area contributed by atoms with Gasteiger partial charge in [-0.05, 0) is 42.4 Å². The number of aromatic nitrogens is 6. The number of hydrogen-bond acceptors (Lipinski definition) is 7. The number of hydrogen-bond donors (Lipinski definition) is 1. The van der Waals surface area contributed by atoms with E-state index in [0.717, 1.165) is 65.6 Å². The Balaban J connectivity index is 1.39. The zero-order valence-electron chi connectivity index (χ0n) is 21.8. The molecule has 0 aliphatic carbocycles. The third-order valence-corrected chi connectivity index (χ3v) is 7.42. The highest BCUT2D eigenvalue weighted by Crippen LogP contribution is 2.30. The molecule has 1 aliphatic rings. The fourth-order valence-corrected chi connectivity index (χ4v) is 5.42. The van der Waals surface area contributed by atoms with Gasteiger partial charge in [-0.3, -0.25) is 18.9 Å². The van der Waals surface area contributed by atoms with Gasteiger partial charge in [-0.25, -0.2) is 9.31 Å². The van der Waals surface area contributed by atoms with Crippen LogP contribution in [0, 0.1) is 0 Å². The third-order valence-electron chi connectivity index (χ3n) is 7.42. The van der Waals surface area contributed by atoms with Gasteiger partial charge in [0.15, 0.2) is 5.82 Å². The van der Waals surface area contributed by atoms with E-state index >= 15 is 0 Å². The number of ether oxygens (including phenoxy) is 1. The molecule has 1 fully saturated rings. The molecule has 0 radical (unpaired) electrons. The average Bonchev–Trinajstić information content (AvgIpc) is 3.63. The average molecular weight is 527 g/mol. The Morgan fingerprint density at radius 1 is 1.03 bits per heavy atom. The summed E-state index contributed by atoms with van der Waals surface area (Å²) in [6.45, 7) is 3.41. The summed E-state index contributed by atoms with van der Waals surface area (Å²) in [5.74, 6) is 0.402. The van der Waals surface area contributed by atoms with Gasteiger partial charge in [-0.2, -0.15) is 10.1 Å². The van der Waals surface area contributed by atoms with Crippen molar-refractivity contribution >= 4 is 5.78 Å². The Morgan fingerprint density at radius 2 is 1.79 bits per heavy atom. The number of nitrogens with zero attached hydrogens (tertiary/aromatic N) is 5. The molecule has 0 saturated carbocycles. The quantitative estimate of drug-likeness (QED) is 0.322. The summed E-state index contributed by atoms with van der Waals surface area (Å²) in [4.78, 5) is 32.7. The van der Waals surface area contributed by atoms with E-state index in [0.29, 0.717) is 31.2 Å². The van der Waals surface area contributed by atoms with Gasteiger partial charge in [0.2, 0.25) is 5.78 Å². The number of benzene rings is 2. The van der Waals surface area contributed by atoms with E-state index in [9.17, 15) is 9.59 Å². The highest BCUT2D eigenvalue weighted by molar-refractivity contribution is 5.80. The molecule has 3 aromatic heterocycles. The highest BCUT2D eigenvalue weighted by Gasteiger charge is 2.25. The molecule has 1 aliphatic heterocycles. The molecule has 4 heterocycles. The molecule has 200 valence electrons. The predicted molar refractivity (Wildman–Crippen MR) is 146 cm³/mol. The zero-order valence-corrected chi connectivity index (χ0v) is 21.8. The first-order chi connectivity index (χ1) is 19.1. The van der Waals surface area contributed by atoms with Crippen molar-refractivity contribution in [3.8, 4) is 22.5 Å². The standard InChI is InChI=1S/C29H30N6O4/c1-2-3-8-25-24(27(36)34(21-13-15-38-16-14-21)28-30-18-31-35(25)28)17-19-9-11-20(12-10-19)22-6-4-5-7-23(22)26-32-29(37)39-33-26/h4-7,9-12,18,21H,2-3,8,13-17H2,1H3,(H,32,33,37). The van der Waals surface area contributed by atoms with Crippen molar-refractivity contribution in [2.24, 2.45) is 0 Å². The van der Waals surface area contributed by atoms with Crippen LogP contribution in [0.4, 0.5) is 0 Å². The molecule has 0 bridgehead atoms. The second kappa shape index (κ2) is 10.8. The lowest BCUT2D eigenvalue weighted by Gasteiger charge is -2.26. The molecule has 0 unspecified atom stereocenters.